The first-order chi connectivity index (χ1) is 14.3. The maximum Gasteiger partial charge on any atom is 0.293 e. The van der Waals surface area contributed by atoms with Crippen molar-refractivity contribution in [3.05, 3.63) is 82.7 Å². The van der Waals surface area contributed by atoms with Crippen LogP contribution in [0.25, 0.3) is 0 Å². The zero-order valence-electron chi connectivity index (χ0n) is 15.6. The van der Waals surface area contributed by atoms with Crippen LogP contribution in [-0.4, -0.2) is 26.0 Å². The Morgan fingerprint density at radius 2 is 1.70 bits per heavy atom. The molecule has 1 heterocycles. The Hall–Kier alpha value is -2.53. The number of thiocarbonyl (C=S) groups is 1. The fraction of sp³-hybridized carbons (Fsp3) is 0.100. The molecule has 10 heteroatoms. The number of hydrogen-bond acceptors (Lipinski definition) is 5. The summed E-state index contributed by atoms with van der Waals surface area (Å²) in [6.07, 6.45) is 0.597. The van der Waals surface area contributed by atoms with Crippen molar-refractivity contribution in [2.75, 3.05) is 11.9 Å². The molecule has 0 radical (unpaired) electrons. The van der Waals surface area contributed by atoms with Gasteiger partial charge in [0.05, 0.1) is 4.90 Å². The molecule has 3 rings (SSSR count). The van der Waals surface area contributed by atoms with Gasteiger partial charge in [-0.05, 0) is 76.5 Å². The fourth-order valence-electron chi connectivity index (χ4n) is 2.54. The predicted octanol–water partition coefficient (Wildman–Crippen LogP) is 3.69. The second kappa shape index (κ2) is 9.98. The highest BCUT2D eigenvalue weighted by atomic mass is 79.9. The molecule has 0 atom stereocenters. The number of rotatable bonds is 7. The van der Waals surface area contributed by atoms with Crippen molar-refractivity contribution in [3.8, 4) is 0 Å². The number of halogens is 1. The number of benzene rings is 2. The molecule has 3 N–H and O–H groups in total. The number of carbonyl (C=O) groups excluding carboxylic acids is 1. The standard InChI is InChI=1S/C20H18BrN3O4S2/c21-18-11-10-17(28-18)19(25)24-20(29)23-15-6-8-16(9-7-15)30(26,27)22-13-12-14-4-2-1-3-5-14/h1-11,22H,12-13H2,(H2,23,24,25,29). The van der Waals surface area contributed by atoms with E-state index in [1.807, 2.05) is 30.3 Å². The molecule has 0 aliphatic rings. The van der Waals surface area contributed by atoms with E-state index in [1.165, 1.54) is 18.2 Å². The van der Waals surface area contributed by atoms with Crippen LogP contribution >= 0.6 is 28.1 Å². The minimum atomic E-state index is -3.63. The third-order valence-electron chi connectivity index (χ3n) is 4.00. The maximum atomic E-state index is 12.4. The molecule has 0 fully saturated rings. The number of sulfonamides is 1. The van der Waals surface area contributed by atoms with Gasteiger partial charge in [0, 0.05) is 12.2 Å². The number of furan rings is 1. The van der Waals surface area contributed by atoms with E-state index in [0.717, 1.165) is 5.56 Å². The minimum Gasteiger partial charge on any atom is -0.444 e. The predicted molar refractivity (Wildman–Crippen MR) is 122 cm³/mol. The summed E-state index contributed by atoms with van der Waals surface area (Å²) in [7, 11) is -3.63. The highest BCUT2D eigenvalue weighted by Gasteiger charge is 2.14. The normalized spacial score (nSPS) is 11.1. The van der Waals surface area contributed by atoms with Gasteiger partial charge in [-0.25, -0.2) is 13.1 Å². The van der Waals surface area contributed by atoms with Crippen LogP contribution in [0.4, 0.5) is 5.69 Å². The van der Waals surface area contributed by atoms with Crippen molar-refractivity contribution in [1.82, 2.24) is 10.0 Å². The van der Waals surface area contributed by atoms with Crippen molar-refractivity contribution < 1.29 is 17.6 Å². The summed E-state index contributed by atoms with van der Waals surface area (Å²) in [5.41, 5.74) is 1.58. The summed E-state index contributed by atoms with van der Waals surface area (Å²) in [5.74, 6) is -0.394. The Labute approximate surface area is 188 Å². The molecule has 156 valence electrons. The molecular formula is C20H18BrN3O4S2. The van der Waals surface area contributed by atoms with Gasteiger partial charge in [-0.1, -0.05) is 30.3 Å². The molecule has 7 nitrogen and oxygen atoms in total. The number of nitrogens with one attached hydrogen (secondary N) is 3. The smallest absolute Gasteiger partial charge is 0.293 e. The van der Waals surface area contributed by atoms with Crippen LogP contribution in [-0.2, 0) is 16.4 Å². The van der Waals surface area contributed by atoms with E-state index >= 15 is 0 Å². The van der Waals surface area contributed by atoms with Gasteiger partial charge < -0.3 is 9.73 Å². The molecule has 30 heavy (non-hydrogen) atoms. The van der Waals surface area contributed by atoms with Gasteiger partial charge in [0.15, 0.2) is 15.5 Å². The SMILES string of the molecule is O=C(NC(=S)Nc1ccc(S(=O)(=O)NCCc2ccccc2)cc1)c1ccc(Br)o1. The lowest BCUT2D eigenvalue weighted by molar-refractivity contribution is 0.0949. The van der Waals surface area contributed by atoms with Crippen LogP contribution in [0.3, 0.4) is 0 Å². The van der Waals surface area contributed by atoms with Crippen molar-refractivity contribution in [1.29, 1.82) is 0 Å². The summed E-state index contributed by atoms with van der Waals surface area (Å²) in [4.78, 5) is 12.1. The van der Waals surface area contributed by atoms with Crippen LogP contribution in [0.2, 0.25) is 0 Å². The molecule has 0 bridgehead atoms. The van der Waals surface area contributed by atoms with Gasteiger partial charge >= 0.3 is 0 Å². The Kier molecular flexibility index (Phi) is 7.38. The number of amides is 1. The van der Waals surface area contributed by atoms with E-state index in [1.54, 1.807) is 18.2 Å². The first kappa shape index (κ1) is 22.2. The van der Waals surface area contributed by atoms with E-state index in [2.05, 4.69) is 31.3 Å². The van der Waals surface area contributed by atoms with Crippen LogP contribution < -0.4 is 15.4 Å². The first-order valence-electron chi connectivity index (χ1n) is 8.85. The van der Waals surface area contributed by atoms with Gasteiger partial charge in [0.2, 0.25) is 10.0 Å². The average molecular weight is 508 g/mol. The molecule has 0 aliphatic heterocycles. The molecule has 0 saturated heterocycles. The van der Waals surface area contributed by atoms with Gasteiger partial charge in [0.25, 0.3) is 5.91 Å². The fourth-order valence-corrected chi connectivity index (χ4v) is 4.09. The summed E-state index contributed by atoms with van der Waals surface area (Å²) in [6, 6.07) is 18.8. The van der Waals surface area contributed by atoms with Gasteiger partial charge in [-0.3, -0.25) is 10.1 Å². The third kappa shape index (κ3) is 6.23. The average Bonchev–Trinajstić information content (AvgIpc) is 3.15. The summed E-state index contributed by atoms with van der Waals surface area (Å²) in [5, 5.41) is 5.37. The molecule has 0 unspecified atom stereocenters. The Morgan fingerprint density at radius 3 is 2.33 bits per heavy atom. The molecule has 0 spiro atoms. The summed E-state index contributed by atoms with van der Waals surface area (Å²) < 4.78 is 33.0. The Balaban J connectivity index is 1.53. The highest BCUT2D eigenvalue weighted by molar-refractivity contribution is 9.10. The maximum absolute atomic E-state index is 12.4. The molecule has 2 aromatic carbocycles. The molecule has 0 aliphatic carbocycles. The summed E-state index contributed by atoms with van der Waals surface area (Å²) >= 11 is 8.22. The topological polar surface area (TPSA) is 100 Å². The largest absolute Gasteiger partial charge is 0.444 e. The van der Waals surface area contributed by atoms with E-state index < -0.39 is 15.9 Å². The Morgan fingerprint density at radius 1 is 1.00 bits per heavy atom. The van der Waals surface area contributed by atoms with Crippen molar-refractivity contribution in [3.63, 3.8) is 0 Å². The minimum absolute atomic E-state index is 0.0594. The second-order valence-corrected chi connectivity index (χ2v) is 9.13. The Bertz CT molecular complexity index is 1130. The van der Waals surface area contributed by atoms with Gasteiger partial charge in [-0.15, -0.1) is 0 Å². The number of anilines is 1. The quantitative estimate of drug-likeness (QED) is 0.421. The van der Waals surface area contributed by atoms with E-state index in [4.69, 9.17) is 16.6 Å². The summed E-state index contributed by atoms with van der Waals surface area (Å²) in [6.45, 7) is 0.297. The monoisotopic (exact) mass is 507 g/mol. The molecule has 1 amide bonds. The van der Waals surface area contributed by atoms with Crippen molar-refractivity contribution in [2.24, 2.45) is 0 Å². The van der Waals surface area contributed by atoms with Crippen LogP contribution in [0.15, 0.2) is 80.7 Å². The molecular weight excluding hydrogens is 490 g/mol. The van der Waals surface area contributed by atoms with Gasteiger partial charge in [0.1, 0.15) is 0 Å². The highest BCUT2D eigenvalue weighted by Crippen LogP contribution is 2.15. The lowest BCUT2D eigenvalue weighted by Crippen LogP contribution is -2.33. The van der Waals surface area contributed by atoms with Crippen molar-refractivity contribution >= 4 is 54.9 Å². The third-order valence-corrected chi connectivity index (χ3v) is 6.10. The van der Waals surface area contributed by atoms with E-state index in [9.17, 15) is 13.2 Å². The molecule has 3 aromatic rings. The van der Waals surface area contributed by atoms with Crippen LogP contribution in [0.5, 0.6) is 0 Å². The van der Waals surface area contributed by atoms with E-state index in [0.29, 0.717) is 23.3 Å². The number of carbonyl (C=O) groups is 1. The lowest BCUT2D eigenvalue weighted by atomic mass is 10.2. The molecule has 1 aromatic heterocycles. The zero-order valence-corrected chi connectivity index (χ0v) is 18.8. The number of hydrogen-bond donors (Lipinski definition) is 3. The second-order valence-electron chi connectivity index (χ2n) is 6.17. The first-order valence-corrected chi connectivity index (χ1v) is 11.5. The van der Waals surface area contributed by atoms with Crippen molar-refractivity contribution in [2.45, 2.75) is 11.3 Å². The van der Waals surface area contributed by atoms with Crippen LogP contribution in [0.1, 0.15) is 16.1 Å². The zero-order chi connectivity index (χ0) is 21.6. The van der Waals surface area contributed by atoms with Gasteiger partial charge in [-0.2, -0.15) is 0 Å². The van der Waals surface area contributed by atoms with Crippen LogP contribution in [0, 0.1) is 0 Å². The molecule has 0 saturated carbocycles. The van der Waals surface area contributed by atoms with E-state index in [-0.39, 0.29) is 15.8 Å². The lowest BCUT2D eigenvalue weighted by Gasteiger charge is -2.10.